The molecular formula is C14H29N3. The Hall–Kier alpha value is -0.120. The van der Waals surface area contributed by atoms with E-state index in [1.807, 2.05) is 0 Å². The van der Waals surface area contributed by atoms with Gasteiger partial charge in [-0.2, -0.15) is 0 Å². The number of nitrogens with zero attached hydrogens (tertiary/aromatic N) is 2. The zero-order chi connectivity index (χ0) is 12.1. The molecule has 2 aliphatic rings. The van der Waals surface area contributed by atoms with Gasteiger partial charge in [0.15, 0.2) is 0 Å². The minimum atomic E-state index is 0.826. The summed E-state index contributed by atoms with van der Waals surface area (Å²) in [5.41, 5.74) is 0. The molecular weight excluding hydrogens is 210 g/mol. The van der Waals surface area contributed by atoms with E-state index in [4.69, 9.17) is 0 Å². The first kappa shape index (κ1) is 13.3. The van der Waals surface area contributed by atoms with Gasteiger partial charge in [0.1, 0.15) is 0 Å². The van der Waals surface area contributed by atoms with Gasteiger partial charge in [-0.15, -0.1) is 0 Å². The van der Waals surface area contributed by atoms with Crippen molar-refractivity contribution in [2.24, 2.45) is 5.92 Å². The number of likely N-dealkylation sites (N-methyl/N-ethyl adjacent to an activating group) is 1. The Morgan fingerprint density at radius 2 is 2.06 bits per heavy atom. The van der Waals surface area contributed by atoms with Crippen molar-refractivity contribution in [3.05, 3.63) is 0 Å². The van der Waals surface area contributed by atoms with Crippen molar-refractivity contribution in [1.29, 1.82) is 0 Å². The van der Waals surface area contributed by atoms with Gasteiger partial charge in [0.25, 0.3) is 0 Å². The van der Waals surface area contributed by atoms with Gasteiger partial charge in [-0.3, -0.25) is 4.90 Å². The van der Waals surface area contributed by atoms with E-state index in [2.05, 4.69) is 29.0 Å². The molecule has 2 saturated heterocycles. The average molecular weight is 239 g/mol. The van der Waals surface area contributed by atoms with Crippen molar-refractivity contribution < 1.29 is 0 Å². The lowest BCUT2D eigenvalue weighted by Gasteiger charge is -2.26. The summed E-state index contributed by atoms with van der Waals surface area (Å²) in [6.45, 7) is 13.4. The van der Waals surface area contributed by atoms with Crippen molar-refractivity contribution in [1.82, 2.24) is 15.1 Å². The third kappa shape index (κ3) is 3.67. The Labute approximate surface area is 107 Å². The maximum Gasteiger partial charge on any atom is 0.0235 e. The van der Waals surface area contributed by atoms with Gasteiger partial charge in [-0.1, -0.05) is 13.8 Å². The molecule has 0 saturated carbocycles. The predicted octanol–water partition coefficient (Wildman–Crippen LogP) is 1.40. The molecule has 0 aromatic carbocycles. The molecule has 0 radical (unpaired) electrons. The van der Waals surface area contributed by atoms with Gasteiger partial charge in [0.2, 0.25) is 0 Å². The van der Waals surface area contributed by atoms with Crippen LogP contribution in [0.3, 0.4) is 0 Å². The summed E-state index contributed by atoms with van der Waals surface area (Å²) < 4.78 is 0. The van der Waals surface area contributed by atoms with E-state index in [0.29, 0.717) is 0 Å². The fraction of sp³-hybridized carbons (Fsp3) is 1.00. The Bertz CT molecular complexity index is 210. The molecule has 0 bridgehead atoms. The minimum absolute atomic E-state index is 0.826. The molecule has 0 amide bonds. The molecule has 3 nitrogen and oxygen atoms in total. The van der Waals surface area contributed by atoms with E-state index in [0.717, 1.165) is 12.0 Å². The number of rotatable bonds is 6. The van der Waals surface area contributed by atoms with Crippen LogP contribution in [-0.2, 0) is 0 Å². The molecule has 0 aromatic rings. The second kappa shape index (κ2) is 6.72. The predicted molar refractivity (Wildman–Crippen MR) is 73.4 cm³/mol. The summed E-state index contributed by atoms with van der Waals surface area (Å²) in [7, 11) is 0. The molecule has 100 valence electrons. The Morgan fingerprint density at radius 1 is 1.24 bits per heavy atom. The number of hydrogen-bond acceptors (Lipinski definition) is 3. The van der Waals surface area contributed by atoms with Crippen LogP contribution in [0.5, 0.6) is 0 Å². The highest BCUT2D eigenvalue weighted by molar-refractivity contribution is 4.83. The van der Waals surface area contributed by atoms with E-state index < -0.39 is 0 Å². The third-order valence-electron chi connectivity index (χ3n) is 4.59. The largest absolute Gasteiger partial charge is 0.316 e. The maximum absolute atomic E-state index is 3.47. The van der Waals surface area contributed by atoms with Crippen LogP contribution < -0.4 is 5.32 Å². The van der Waals surface area contributed by atoms with E-state index in [1.54, 1.807) is 0 Å². The van der Waals surface area contributed by atoms with Crippen molar-refractivity contribution >= 4 is 0 Å². The van der Waals surface area contributed by atoms with Crippen LogP contribution >= 0.6 is 0 Å². The first-order valence-corrected chi connectivity index (χ1v) is 7.50. The summed E-state index contributed by atoms with van der Waals surface area (Å²) in [4.78, 5) is 5.30. The fourth-order valence-electron chi connectivity index (χ4n) is 3.38. The van der Waals surface area contributed by atoms with E-state index in [9.17, 15) is 0 Å². The lowest BCUT2D eigenvalue weighted by molar-refractivity contribution is 0.208. The zero-order valence-corrected chi connectivity index (χ0v) is 11.6. The number of hydrogen-bond donors (Lipinski definition) is 1. The molecule has 2 atom stereocenters. The molecule has 17 heavy (non-hydrogen) atoms. The van der Waals surface area contributed by atoms with Crippen LogP contribution in [0.1, 0.15) is 33.1 Å². The molecule has 3 heteroatoms. The quantitative estimate of drug-likeness (QED) is 0.756. The van der Waals surface area contributed by atoms with Crippen LogP contribution in [0.25, 0.3) is 0 Å². The van der Waals surface area contributed by atoms with Crippen LogP contribution in [-0.4, -0.2) is 61.7 Å². The monoisotopic (exact) mass is 239 g/mol. The topological polar surface area (TPSA) is 18.5 Å². The molecule has 2 unspecified atom stereocenters. The van der Waals surface area contributed by atoms with E-state index >= 15 is 0 Å². The highest BCUT2D eigenvalue weighted by Gasteiger charge is 2.26. The number of nitrogens with one attached hydrogen (secondary N) is 1. The summed E-state index contributed by atoms with van der Waals surface area (Å²) in [5, 5.41) is 3.47. The standard InChI is InChI=1S/C14H29N3/c1-3-17(4-2)14-7-10-16(12-14)9-6-13-5-8-15-11-13/h13-15H,3-12H2,1-2H3. The average Bonchev–Trinajstić information content (AvgIpc) is 2.99. The molecule has 1 N–H and O–H groups in total. The van der Waals surface area contributed by atoms with Crippen LogP contribution in [0.2, 0.25) is 0 Å². The second-order valence-corrected chi connectivity index (χ2v) is 5.61. The van der Waals surface area contributed by atoms with Crippen molar-refractivity contribution in [2.45, 2.75) is 39.2 Å². The maximum atomic E-state index is 3.47. The summed E-state index contributed by atoms with van der Waals surface area (Å²) in [6.07, 6.45) is 4.18. The Morgan fingerprint density at radius 3 is 2.71 bits per heavy atom. The highest BCUT2D eigenvalue weighted by Crippen LogP contribution is 2.18. The van der Waals surface area contributed by atoms with Gasteiger partial charge >= 0.3 is 0 Å². The van der Waals surface area contributed by atoms with Gasteiger partial charge in [0, 0.05) is 12.6 Å². The lowest BCUT2D eigenvalue weighted by Crippen LogP contribution is -2.37. The first-order chi connectivity index (χ1) is 8.33. The molecule has 2 aliphatic heterocycles. The smallest absolute Gasteiger partial charge is 0.0235 e. The van der Waals surface area contributed by atoms with Crippen LogP contribution in [0, 0.1) is 5.92 Å². The van der Waals surface area contributed by atoms with Crippen molar-refractivity contribution in [2.75, 3.05) is 45.8 Å². The van der Waals surface area contributed by atoms with Crippen molar-refractivity contribution in [3.8, 4) is 0 Å². The van der Waals surface area contributed by atoms with Crippen LogP contribution in [0.15, 0.2) is 0 Å². The zero-order valence-electron chi connectivity index (χ0n) is 11.6. The lowest BCUT2D eigenvalue weighted by atomic mass is 10.1. The molecule has 0 spiro atoms. The van der Waals surface area contributed by atoms with Gasteiger partial charge in [-0.25, -0.2) is 0 Å². The number of likely N-dealkylation sites (tertiary alicyclic amines) is 1. The minimum Gasteiger partial charge on any atom is -0.316 e. The van der Waals surface area contributed by atoms with Crippen molar-refractivity contribution in [3.63, 3.8) is 0 Å². The summed E-state index contributed by atoms with van der Waals surface area (Å²) >= 11 is 0. The van der Waals surface area contributed by atoms with Crippen LogP contribution in [0.4, 0.5) is 0 Å². The normalized spacial score (nSPS) is 30.5. The third-order valence-corrected chi connectivity index (χ3v) is 4.59. The molecule has 0 aliphatic carbocycles. The molecule has 0 aromatic heterocycles. The van der Waals surface area contributed by atoms with Gasteiger partial charge in [0.05, 0.1) is 0 Å². The Balaban J connectivity index is 1.66. The Kier molecular flexibility index (Phi) is 5.26. The highest BCUT2D eigenvalue weighted by atomic mass is 15.2. The fourth-order valence-corrected chi connectivity index (χ4v) is 3.38. The molecule has 2 fully saturated rings. The SMILES string of the molecule is CCN(CC)C1CCN(CCC2CCNC2)C1. The van der Waals surface area contributed by atoms with Gasteiger partial charge < -0.3 is 10.2 Å². The first-order valence-electron chi connectivity index (χ1n) is 7.50. The second-order valence-electron chi connectivity index (χ2n) is 5.61. The summed E-state index contributed by atoms with van der Waals surface area (Å²) in [5.74, 6) is 0.947. The van der Waals surface area contributed by atoms with E-state index in [1.165, 1.54) is 65.1 Å². The van der Waals surface area contributed by atoms with E-state index in [-0.39, 0.29) is 0 Å². The summed E-state index contributed by atoms with van der Waals surface area (Å²) in [6, 6.07) is 0.826. The molecule has 2 heterocycles. The molecule has 2 rings (SSSR count). The van der Waals surface area contributed by atoms with Gasteiger partial charge in [-0.05, 0) is 64.4 Å².